The molecule has 0 aliphatic heterocycles. The minimum Gasteiger partial charge on any atom is -0.319 e. The van der Waals surface area contributed by atoms with E-state index in [0.717, 1.165) is 6.42 Å². The van der Waals surface area contributed by atoms with Gasteiger partial charge in [0.25, 0.3) is 0 Å². The fourth-order valence-electron chi connectivity index (χ4n) is 0. The van der Waals surface area contributed by atoms with Crippen LogP contribution in [0, 0.1) is 0 Å². The molecule has 0 heterocycles. The average Bonchev–Trinajstić information content (AvgIpc) is 1.38. The van der Waals surface area contributed by atoms with E-state index in [0.29, 0.717) is 0 Å². The minimum atomic E-state index is -0.0324. The van der Waals surface area contributed by atoms with Crippen molar-refractivity contribution in [1.29, 1.82) is 0 Å². The quantitative estimate of drug-likeness (QED) is 0.508. The fourth-order valence-corrected chi connectivity index (χ4v) is 0. The first kappa shape index (κ1) is 5.31. The first-order chi connectivity index (χ1) is 2.27. The summed E-state index contributed by atoms with van der Waals surface area (Å²) < 4.78 is 0. The molecule has 0 spiro atoms. The second-order valence-electron chi connectivity index (χ2n) is 0.947. The normalized spacial score (nSPS) is 15.0. The van der Waals surface area contributed by atoms with Crippen LogP contribution in [-0.4, -0.2) is 5.37 Å². The fraction of sp³-hybridized carbons (Fsp3) is 1.00. The van der Waals surface area contributed by atoms with E-state index in [2.05, 4.69) is 12.6 Å². The van der Waals surface area contributed by atoms with E-state index in [-0.39, 0.29) is 5.37 Å². The topological polar surface area (TPSA) is 26.0 Å². The Labute approximate surface area is 38.0 Å². The molecule has 5 heavy (non-hydrogen) atoms. The van der Waals surface area contributed by atoms with Gasteiger partial charge in [0.1, 0.15) is 0 Å². The summed E-state index contributed by atoms with van der Waals surface area (Å²) in [6, 6.07) is 0. The second kappa shape index (κ2) is 2.54. The van der Waals surface area contributed by atoms with Crippen LogP contribution in [0.3, 0.4) is 0 Å². The van der Waals surface area contributed by atoms with Gasteiger partial charge in [0.15, 0.2) is 0 Å². The molecule has 31 valence electrons. The lowest BCUT2D eigenvalue weighted by molar-refractivity contribution is 0.876. The van der Waals surface area contributed by atoms with Gasteiger partial charge in [0, 0.05) is 0 Å². The zero-order valence-electron chi connectivity index (χ0n) is 3.27. The van der Waals surface area contributed by atoms with Crippen LogP contribution in [0.15, 0.2) is 0 Å². The van der Waals surface area contributed by atoms with Crippen molar-refractivity contribution in [3.8, 4) is 0 Å². The van der Waals surface area contributed by atoms with E-state index in [4.69, 9.17) is 5.73 Å². The Morgan fingerprint density at radius 2 is 2.20 bits per heavy atom. The Kier molecular flexibility index (Phi) is 2.70. The molecule has 1 unspecified atom stereocenters. The first-order valence-corrected chi connectivity index (χ1v) is 2.16. The van der Waals surface area contributed by atoms with Crippen molar-refractivity contribution < 1.29 is 0 Å². The average molecular weight is 90.2 g/mol. The van der Waals surface area contributed by atoms with Crippen molar-refractivity contribution >= 4 is 12.6 Å². The molecule has 2 heteroatoms. The Bertz CT molecular complexity index is 20.9. The summed E-state index contributed by atoms with van der Waals surface area (Å²) in [5.74, 6) is 0. The summed E-state index contributed by atoms with van der Waals surface area (Å²) in [5.41, 5.74) is 5.11. The molecule has 0 fully saturated rings. The molecule has 0 amide bonds. The molecule has 1 nitrogen and oxygen atoms in total. The summed E-state index contributed by atoms with van der Waals surface area (Å²) in [6.45, 7) is 1.97. The van der Waals surface area contributed by atoms with Crippen LogP contribution >= 0.6 is 12.6 Å². The largest absolute Gasteiger partial charge is 0.319 e. The zero-order valence-corrected chi connectivity index (χ0v) is 4.09. The first-order valence-electron chi connectivity index (χ1n) is 1.68. The summed E-state index contributed by atoms with van der Waals surface area (Å²) >= 11 is 4.56. The molecule has 0 aliphatic carbocycles. The zero-order chi connectivity index (χ0) is 4.28. The van der Waals surface area contributed by atoms with Crippen molar-refractivity contribution in [2.75, 3.05) is 0 Å². The molecular formula is C3H8NS. The smallest absolute Gasteiger partial charge is 0.0609 e. The Hall–Kier alpha value is 0.310. The highest BCUT2D eigenvalue weighted by Crippen LogP contribution is 1.86. The van der Waals surface area contributed by atoms with Crippen LogP contribution < -0.4 is 5.73 Å². The summed E-state index contributed by atoms with van der Waals surface area (Å²) in [5, 5.41) is -0.0324. The van der Waals surface area contributed by atoms with Gasteiger partial charge in [-0.25, -0.2) is 0 Å². The van der Waals surface area contributed by atoms with Crippen molar-refractivity contribution in [1.82, 2.24) is 0 Å². The molecule has 2 N–H and O–H groups in total. The van der Waals surface area contributed by atoms with E-state index >= 15 is 0 Å². The maximum atomic E-state index is 5.11. The molecule has 0 saturated heterocycles. The molecule has 1 atom stereocenters. The SMILES string of the molecule is CCC(N)[S]. The van der Waals surface area contributed by atoms with Crippen molar-refractivity contribution in [2.45, 2.75) is 18.7 Å². The number of hydrogen-bond donors (Lipinski definition) is 1. The van der Waals surface area contributed by atoms with Crippen LogP contribution in [0.5, 0.6) is 0 Å². The van der Waals surface area contributed by atoms with Gasteiger partial charge in [0.2, 0.25) is 0 Å². The third-order valence-electron chi connectivity index (χ3n) is 0.402. The predicted molar refractivity (Wildman–Crippen MR) is 25.9 cm³/mol. The maximum absolute atomic E-state index is 5.11. The lowest BCUT2D eigenvalue weighted by Crippen LogP contribution is -2.08. The highest BCUT2D eigenvalue weighted by atomic mass is 32.1. The van der Waals surface area contributed by atoms with Crippen LogP contribution in [-0.2, 0) is 0 Å². The standard InChI is InChI=1S/C3H8NS/c1-2-3(4)5/h3H,2,4H2,1H3. The van der Waals surface area contributed by atoms with Gasteiger partial charge in [-0.2, -0.15) is 0 Å². The molecular weight excluding hydrogens is 82.1 g/mol. The monoisotopic (exact) mass is 90.0 g/mol. The van der Waals surface area contributed by atoms with Gasteiger partial charge in [-0.3, -0.25) is 0 Å². The summed E-state index contributed by atoms with van der Waals surface area (Å²) in [4.78, 5) is 0. The lowest BCUT2D eigenvalue weighted by atomic mass is 10.5. The molecule has 1 radical (unpaired) electrons. The summed E-state index contributed by atoms with van der Waals surface area (Å²) in [6.07, 6.45) is 0.898. The van der Waals surface area contributed by atoms with Crippen LogP contribution in [0.1, 0.15) is 13.3 Å². The van der Waals surface area contributed by atoms with E-state index in [9.17, 15) is 0 Å². The minimum absolute atomic E-state index is 0.0324. The molecule has 0 aromatic carbocycles. The molecule has 0 bridgehead atoms. The third-order valence-corrected chi connectivity index (χ3v) is 0.736. The molecule has 0 aromatic heterocycles. The van der Waals surface area contributed by atoms with Gasteiger partial charge < -0.3 is 5.73 Å². The van der Waals surface area contributed by atoms with Crippen LogP contribution in [0.2, 0.25) is 0 Å². The molecule has 0 saturated carbocycles. The van der Waals surface area contributed by atoms with Gasteiger partial charge in [-0.05, 0) is 6.42 Å². The van der Waals surface area contributed by atoms with Crippen molar-refractivity contribution in [2.24, 2.45) is 5.73 Å². The van der Waals surface area contributed by atoms with E-state index < -0.39 is 0 Å². The highest BCUT2D eigenvalue weighted by Gasteiger charge is 1.82. The second-order valence-corrected chi connectivity index (χ2v) is 1.55. The van der Waals surface area contributed by atoms with Crippen LogP contribution in [0.25, 0.3) is 0 Å². The Balaban J connectivity index is 2.54. The van der Waals surface area contributed by atoms with E-state index in [1.54, 1.807) is 0 Å². The van der Waals surface area contributed by atoms with Gasteiger partial charge in [0.05, 0.1) is 5.37 Å². The van der Waals surface area contributed by atoms with E-state index in [1.165, 1.54) is 0 Å². The Morgan fingerprint density at radius 3 is 2.20 bits per heavy atom. The lowest BCUT2D eigenvalue weighted by Gasteiger charge is -1.89. The Morgan fingerprint density at radius 1 is 2.00 bits per heavy atom. The summed E-state index contributed by atoms with van der Waals surface area (Å²) in [7, 11) is 0. The van der Waals surface area contributed by atoms with Gasteiger partial charge in [-0.1, -0.05) is 19.6 Å². The number of rotatable bonds is 1. The van der Waals surface area contributed by atoms with Gasteiger partial charge >= 0.3 is 0 Å². The maximum Gasteiger partial charge on any atom is 0.0609 e. The number of hydrogen-bond acceptors (Lipinski definition) is 1. The van der Waals surface area contributed by atoms with Gasteiger partial charge in [-0.15, -0.1) is 0 Å². The van der Waals surface area contributed by atoms with Crippen molar-refractivity contribution in [3.63, 3.8) is 0 Å². The van der Waals surface area contributed by atoms with Crippen LogP contribution in [0.4, 0.5) is 0 Å². The molecule has 0 aromatic rings. The third kappa shape index (κ3) is 4.31. The van der Waals surface area contributed by atoms with E-state index in [1.807, 2.05) is 6.92 Å². The van der Waals surface area contributed by atoms with Crippen molar-refractivity contribution in [3.05, 3.63) is 0 Å². The molecule has 0 aliphatic rings. The molecule has 0 rings (SSSR count). The predicted octanol–water partition coefficient (Wildman–Crippen LogP) is 0.879. The highest BCUT2D eigenvalue weighted by molar-refractivity contribution is 7.80. The number of nitrogens with two attached hydrogens (primary N) is 1.